The van der Waals surface area contributed by atoms with E-state index in [1.807, 2.05) is 90.5 Å². The molecule has 2 aliphatic rings. The first-order valence-electron chi connectivity index (χ1n) is 13.4. The fourth-order valence-corrected chi connectivity index (χ4v) is 5.30. The van der Waals surface area contributed by atoms with Crippen molar-refractivity contribution in [3.05, 3.63) is 120 Å². The van der Waals surface area contributed by atoms with Gasteiger partial charge in [-0.2, -0.15) is 5.10 Å². The number of amidine groups is 2. The number of ether oxygens (including phenoxy) is 1. The summed E-state index contributed by atoms with van der Waals surface area (Å²) in [7, 11) is 0. The molecular weight excluding hydrogens is 516 g/mol. The molecule has 0 aliphatic carbocycles. The van der Waals surface area contributed by atoms with Crippen molar-refractivity contribution in [3.8, 4) is 5.69 Å². The third-order valence-electron chi connectivity index (χ3n) is 7.11. The zero-order chi connectivity index (χ0) is 27.9. The van der Waals surface area contributed by atoms with Gasteiger partial charge in [0, 0.05) is 5.69 Å². The van der Waals surface area contributed by atoms with Gasteiger partial charge >= 0.3 is 5.97 Å². The van der Waals surface area contributed by atoms with Crippen LogP contribution in [0.3, 0.4) is 0 Å². The van der Waals surface area contributed by atoms with E-state index in [4.69, 9.17) is 24.2 Å². The van der Waals surface area contributed by atoms with Crippen molar-refractivity contribution in [1.29, 1.82) is 0 Å². The Morgan fingerprint density at radius 3 is 2.49 bits per heavy atom. The van der Waals surface area contributed by atoms with Crippen molar-refractivity contribution < 1.29 is 13.9 Å². The van der Waals surface area contributed by atoms with Crippen molar-refractivity contribution in [3.63, 3.8) is 0 Å². The number of esters is 1. The number of anilines is 2. The number of furan rings is 1. The molecule has 0 radical (unpaired) electrons. The summed E-state index contributed by atoms with van der Waals surface area (Å²) < 4.78 is 13.0. The lowest BCUT2D eigenvalue weighted by molar-refractivity contribution is 0.0526. The number of carbonyl (C=O) groups excluding carboxylic acids is 1. The molecule has 0 amide bonds. The lowest BCUT2D eigenvalue weighted by Gasteiger charge is -2.39. The summed E-state index contributed by atoms with van der Waals surface area (Å²) in [6.07, 6.45) is 1.69. The molecule has 5 aromatic rings. The molecule has 1 N–H and O–H groups in total. The number of aliphatic imine (C=N–C) groups is 2. The predicted octanol–water partition coefficient (Wildman–Crippen LogP) is 6.75. The quantitative estimate of drug-likeness (QED) is 0.247. The van der Waals surface area contributed by atoms with E-state index in [-0.39, 0.29) is 12.0 Å². The van der Waals surface area contributed by atoms with Crippen LogP contribution in [0.1, 0.15) is 40.3 Å². The number of hydrogen-bond acceptors (Lipinski definition) is 8. The summed E-state index contributed by atoms with van der Waals surface area (Å²) in [6.45, 7) is 4.11. The molecular formula is C32H26N6O3. The van der Waals surface area contributed by atoms with Gasteiger partial charge in [0.1, 0.15) is 11.8 Å². The number of carbonyl (C=O) groups is 1. The highest BCUT2D eigenvalue weighted by atomic mass is 16.5. The number of nitrogens with zero attached hydrogens (tertiary/aromatic N) is 5. The van der Waals surface area contributed by atoms with Gasteiger partial charge in [-0.3, -0.25) is 0 Å². The molecule has 3 aromatic carbocycles. The average Bonchev–Trinajstić information content (AvgIpc) is 3.66. The van der Waals surface area contributed by atoms with Gasteiger partial charge < -0.3 is 19.4 Å². The molecule has 0 saturated heterocycles. The molecule has 202 valence electrons. The fraction of sp³-hybridized carbons (Fsp3) is 0.125. The lowest BCUT2D eigenvalue weighted by Crippen LogP contribution is -2.46. The Balaban J connectivity index is 1.40. The summed E-state index contributed by atoms with van der Waals surface area (Å²) in [5.74, 6) is 2.32. The van der Waals surface area contributed by atoms with Gasteiger partial charge in [0.25, 0.3) is 0 Å². The van der Waals surface area contributed by atoms with E-state index < -0.39 is 0 Å². The highest BCUT2D eigenvalue weighted by Crippen LogP contribution is 2.48. The van der Waals surface area contributed by atoms with Gasteiger partial charge in [-0.05, 0) is 74.5 Å². The van der Waals surface area contributed by atoms with Crippen LogP contribution in [0, 0.1) is 6.92 Å². The van der Waals surface area contributed by atoms with Crippen LogP contribution >= 0.6 is 0 Å². The third kappa shape index (κ3) is 4.19. The van der Waals surface area contributed by atoms with Crippen LogP contribution in [0.2, 0.25) is 0 Å². The number of aryl methyl sites for hydroxylation is 1. The van der Waals surface area contributed by atoms with Gasteiger partial charge in [-0.1, -0.05) is 30.3 Å². The average molecular weight is 543 g/mol. The van der Waals surface area contributed by atoms with E-state index in [9.17, 15) is 4.79 Å². The summed E-state index contributed by atoms with van der Waals surface area (Å²) in [4.78, 5) is 24.5. The van der Waals surface area contributed by atoms with E-state index in [0.717, 1.165) is 39.8 Å². The lowest BCUT2D eigenvalue weighted by atomic mass is 9.98. The second-order valence-corrected chi connectivity index (χ2v) is 9.67. The largest absolute Gasteiger partial charge is 0.467 e. The third-order valence-corrected chi connectivity index (χ3v) is 7.11. The Kier molecular flexibility index (Phi) is 5.96. The van der Waals surface area contributed by atoms with Crippen LogP contribution in [0.25, 0.3) is 5.69 Å². The smallest absolute Gasteiger partial charge is 0.338 e. The highest BCUT2D eigenvalue weighted by molar-refractivity contribution is 6.51. The molecule has 4 heterocycles. The Bertz CT molecular complexity index is 1800. The Morgan fingerprint density at radius 1 is 0.951 bits per heavy atom. The van der Waals surface area contributed by atoms with Crippen LogP contribution < -0.4 is 10.2 Å². The SMILES string of the molecule is CCOC(=O)c1ccc(NC2=Nc3ccccc3N3C2=Nc2c(c(C)nn2-c2ccccc2)[C@H]3c2ccco2)cc1. The van der Waals surface area contributed by atoms with Gasteiger partial charge in [0.05, 0.1) is 46.8 Å². The van der Waals surface area contributed by atoms with Crippen molar-refractivity contribution in [2.75, 3.05) is 16.8 Å². The maximum atomic E-state index is 12.2. The van der Waals surface area contributed by atoms with E-state index >= 15 is 0 Å². The minimum absolute atomic E-state index is 0.322. The number of hydrogen-bond donors (Lipinski definition) is 1. The molecule has 2 aliphatic heterocycles. The molecule has 1 atom stereocenters. The summed E-state index contributed by atoms with van der Waals surface area (Å²) in [6, 6.07) is 28.6. The normalized spacial score (nSPS) is 15.3. The summed E-state index contributed by atoms with van der Waals surface area (Å²) in [5, 5.41) is 8.37. The standard InChI is InChI=1S/C32H26N6O3/c1-3-40-32(39)21-15-17-22(18-16-21)33-29-31-35-30-27(20(2)36-38(30)23-10-5-4-6-11-23)28(26-14-9-19-41-26)37(31)25-13-8-7-12-24(25)34-29/h4-19,28H,3H2,1-2H3,(H,33,34)/t28-/m1/s1. The molecule has 2 aromatic heterocycles. The second-order valence-electron chi connectivity index (χ2n) is 9.67. The first-order chi connectivity index (χ1) is 20.1. The van der Waals surface area contributed by atoms with E-state index in [1.54, 1.807) is 25.3 Å². The molecule has 0 unspecified atom stereocenters. The van der Waals surface area contributed by atoms with Crippen molar-refractivity contribution >= 4 is 40.5 Å². The van der Waals surface area contributed by atoms with Crippen molar-refractivity contribution in [1.82, 2.24) is 9.78 Å². The fourth-order valence-electron chi connectivity index (χ4n) is 5.30. The Hall–Kier alpha value is -5.44. The van der Waals surface area contributed by atoms with Crippen molar-refractivity contribution in [2.45, 2.75) is 19.9 Å². The van der Waals surface area contributed by atoms with Gasteiger partial charge in [-0.15, -0.1) is 0 Å². The molecule has 0 fully saturated rings. The molecule has 0 spiro atoms. The summed E-state index contributed by atoms with van der Waals surface area (Å²) >= 11 is 0. The number of nitrogens with one attached hydrogen (secondary N) is 1. The molecule has 7 rings (SSSR count). The second kappa shape index (κ2) is 9.95. The first kappa shape index (κ1) is 24.6. The monoisotopic (exact) mass is 542 g/mol. The van der Waals surface area contributed by atoms with Gasteiger partial charge in [0.15, 0.2) is 17.5 Å². The zero-order valence-corrected chi connectivity index (χ0v) is 22.5. The molecule has 0 saturated carbocycles. The van der Waals surface area contributed by atoms with Gasteiger partial charge in [-0.25, -0.2) is 19.5 Å². The van der Waals surface area contributed by atoms with E-state index in [0.29, 0.717) is 29.7 Å². The van der Waals surface area contributed by atoms with Crippen LogP contribution in [-0.2, 0) is 4.74 Å². The molecule has 9 nitrogen and oxygen atoms in total. The Morgan fingerprint density at radius 2 is 1.73 bits per heavy atom. The zero-order valence-electron chi connectivity index (χ0n) is 22.5. The predicted molar refractivity (Wildman–Crippen MR) is 158 cm³/mol. The molecule has 41 heavy (non-hydrogen) atoms. The number of benzene rings is 3. The van der Waals surface area contributed by atoms with Crippen LogP contribution in [0.5, 0.6) is 0 Å². The topological polar surface area (TPSA) is 97.2 Å². The summed E-state index contributed by atoms with van der Waals surface area (Å²) in [5.41, 5.74) is 5.67. The number of aromatic nitrogens is 2. The minimum Gasteiger partial charge on any atom is -0.467 e. The Labute approximate surface area is 236 Å². The maximum absolute atomic E-state index is 12.2. The van der Waals surface area contributed by atoms with E-state index in [2.05, 4.69) is 10.2 Å². The van der Waals surface area contributed by atoms with Crippen LogP contribution in [0.15, 0.2) is 112 Å². The molecule has 0 bridgehead atoms. The van der Waals surface area contributed by atoms with Crippen LogP contribution in [-0.4, -0.2) is 34.0 Å². The minimum atomic E-state index is -0.357. The molecule has 9 heteroatoms. The first-order valence-corrected chi connectivity index (χ1v) is 13.4. The van der Waals surface area contributed by atoms with Crippen molar-refractivity contribution in [2.24, 2.45) is 9.98 Å². The van der Waals surface area contributed by atoms with E-state index in [1.165, 1.54) is 0 Å². The number of rotatable bonds is 5. The number of fused-ring (bicyclic) bond motifs is 4. The highest BCUT2D eigenvalue weighted by Gasteiger charge is 2.42. The van der Waals surface area contributed by atoms with Gasteiger partial charge in [0.2, 0.25) is 0 Å². The van der Waals surface area contributed by atoms with Crippen LogP contribution in [0.4, 0.5) is 22.9 Å². The maximum Gasteiger partial charge on any atom is 0.338 e. The number of para-hydroxylation sites is 3.